The zero-order valence-electron chi connectivity index (χ0n) is 27.8. The van der Waals surface area contributed by atoms with E-state index in [2.05, 4.69) is 13.8 Å². The van der Waals surface area contributed by atoms with Crippen molar-refractivity contribution in [1.29, 1.82) is 0 Å². The van der Waals surface area contributed by atoms with Gasteiger partial charge in [0.1, 0.15) is 0 Å². The Hall–Kier alpha value is 0.0300. The van der Waals surface area contributed by atoms with Gasteiger partial charge in [-0.25, -0.2) is 4.57 Å². The second-order valence-corrected chi connectivity index (χ2v) is 13.3. The van der Waals surface area contributed by atoms with Crippen molar-refractivity contribution in [2.45, 2.75) is 194 Å². The zero-order valence-corrected chi connectivity index (χ0v) is 28.7. The van der Waals surface area contributed by atoms with Crippen molar-refractivity contribution >= 4 is 7.82 Å². The van der Waals surface area contributed by atoms with E-state index in [1.165, 1.54) is 154 Å². The third-order valence-electron chi connectivity index (χ3n) is 7.63. The van der Waals surface area contributed by atoms with Crippen molar-refractivity contribution < 1.29 is 23.6 Å². The summed E-state index contributed by atoms with van der Waals surface area (Å²) in [5.41, 5.74) is 4.78. The van der Waals surface area contributed by atoms with Gasteiger partial charge in [-0.1, -0.05) is 181 Å². The predicted molar refractivity (Wildman–Crippen MR) is 178 cm³/mol. The fourth-order valence-corrected chi connectivity index (χ4v) is 5.78. The van der Waals surface area contributed by atoms with E-state index >= 15 is 0 Å². The standard InChI is InChI=1S/C32H67O4P.C2H7NO/c1-3-5-7-9-11-13-15-17-19-21-23-25-27-29-31-35-37(33,34)36-32-30-28-26-24-22-20-18-16-14-12-10-8-6-4-2;3-1-2-4/h3-32H2,1-2H3,(H,33,34);4H,1-3H2. The van der Waals surface area contributed by atoms with Crippen molar-refractivity contribution in [1.82, 2.24) is 0 Å². The van der Waals surface area contributed by atoms with E-state index in [9.17, 15) is 9.46 Å². The number of aliphatic hydroxyl groups excluding tert-OH is 1. The van der Waals surface area contributed by atoms with Gasteiger partial charge in [0, 0.05) is 6.54 Å². The van der Waals surface area contributed by atoms with E-state index in [4.69, 9.17) is 19.9 Å². The maximum Gasteiger partial charge on any atom is 0.472 e. The van der Waals surface area contributed by atoms with E-state index in [0.29, 0.717) is 19.8 Å². The number of unbranched alkanes of at least 4 members (excludes halogenated alkanes) is 26. The number of rotatable bonds is 33. The second kappa shape index (κ2) is 38.1. The minimum atomic E-state index is -3.87. The maximum absolute atomic E-state index is 12.0. The molecule has 0 fully saturated rings. The molecule has 0 rings (SSSR count). The maximum atomic E-state index is 12.0. The molecule has 250 valence electrons. The SMILES string of the molecule is CCCCCCCCCCCCCCCCOP(=O)(O)OCCCCCCCCCCCCCCCC.NCCO. The highest BCUT2D eigenvalue weighted by atomic mass is 31.2. The first-order valence-electron chi connectivity index (χ1n) is 18.0. The average Bonchev–Trinajstić information content (AvgIpc) is 2.97. The first kappa shape index (κ1) is 43.2. The topological polar surface area (TPSA) is 102 Å². The summed E-state index contributed by atoms with van der Waals surface area (Å²) in [6.07, 6.45) is 36.4. The highest BCUT2D eigenvalue weighted by Gasteiger charge is 2.19. The molecule has 0 heterocycles. The highest BCUT2D eigenvalue weighted by molar-refractivity contribution is 7.47. The normalized spacial score (nSPS) is 11.5. The molecule has 0 bridgehead atoms. The molecule has 0 aliphatic heterocycles. The van der Waals surface area contributed by atoms with Crippen LogP contribution in [-0.4, -0.2) is 36.4 Å². The summed E-state index contributed by atoms with van der Waals surface area (Å²) in [6.45, 7) is 5.67. The number of phosphoric ester groups is 1. The van der Waals surface area contributed by atoms with E-state index in [1.54, 1.807) is 0 Å². The average molecular weight is 608 g/mol. The van der Waals surface area contributed by atoms with Crippen LogP contribution in [0.5, 0.6) is 0 Å². The van der Waals surface area contributed by atoms with Crippen LogP contribution in [0.2, 0.25) is 0 Å². The summed E-state index contributed by atoms with van der Waals surface area (Å²) >= 11 is 0. The highest BCUT2D eigenvalue weighted by Crippen LogP contribution is 2.43. The Bertz CT molecular complexity index is 470. The van der Waals surface area contributed by atoms with Gasteiger partial charge in [-0.15, -0.1) is 0 Å². The van der Waals surface area contributed by atoms with Crippen molar-refractivity contribution in [3.63, 3.8) is 0 Å². The lowest BCUT2D eigenvalue weighted by Crippen LogP contribution is -2.02. The summed E-state index contributed by atoms with van der Waals surface area (Å²) in [4.78, 5) is 9.83. The first-order chi connectivity index (χ1) is 20.0. The molecule has 0 radical (unpaired) electrons. The van der Waals surface area contributed by atoms with Gasteiger partial charge in [0.05, 0.1) is 19.8 Å². The van der Waals surface area contributed by atoms with Crippen LogP contribution in [0.3, 0.4) is 0 Å². The Morgan fingerprint density at radius 1 is 0.463 bits per heavy atom. The Morgan fingerprint density at radius 3 is 0.854 bits per heavy atom. The van der Waals surface area contributed by atoms with Crippen LogP contribution in [0.1, 0.15) is 194 Å². The molecule has 0 aromatic heterocycles. The van der Waals surface area contributed by atoms with Crippen LogP contribution in [0.15, 0.2) is 0 Å². The molecule has 0 saturated carbocycles. The predicted octanol–water partition coefficient (Wildman–Crippen LogP) is 11.0. The smallest absolute Gasteiger partial charge is 0.395 e. The largest absolute Gasteiger partial charge is 0.472 e. The number of nitrogens with two attached hydrogens (primary N) is 1. The first-order valence-corrected chi connectivity index (χ1v) is 19.5. The van der Waals surface area contributed by atoms with Crippen molar-refractivity contribution in [2.24, 2.45) is 5.73 Å². The van der Waals surface area contributed by atoms with E-state index in [1.807, 2.05) is 0 Å². The molecule has 41 heavy (non-hydrogen) atoms. The van der Waals surface area contributed by atoms with Crippen LogP contribution in [0.25, 0.3) is 0 Å². The van der Waals surface area contributed by atoms with Gasteiger partial charge in [-0.2, -0.15) is 0 Å². The Morgan fingerprint density at radius 2 is 0.659 bits per heavy atom. The lowest BCUT2D eigenvalue weighted by Gasteiger charge is -2.12. The van der Waals surface area contributed by atoms with Crippen LogP contribution in [0, 0.1) is 0 Å². The summed E-state index contributed by atoms with van der Waals surface area (Å²) in [6, 6.07) is 0. The van der Waals surface area contributed by atoms with Gasteiger partial charge in [-0.05, 0) is 12.8 Å². The molecule has 0 aliphatic rings. The van der Waals surface area contributed by atoms with Crippen LogP contribution in [-0.2, 0) is 13.6 Å². The number of hydrogen-bond donors (Lipinski definition) is 3. The Balaban J connectivity index is 0. The van der Waals surface area contributed by atoms with E-state index < -0.39 is 7.82 Å². The van der Waals surface area contributed by atoms with Gasteiger partial charge in [0.15, 0.2) is 0 Å². The molecule has 0 aromatic carbocycles. The van der Waals surface area contributed by atoms with E-state index in [0.717, 1.165) is 25.7 Å². The molecule has 0 amide bonds. The lowest BCUT2D eigenvalue weighted by atomic mass is 10.0. The molecule has 4 N–H and O–H groups in total. The molecule has 0 unspecified atom stereocenters. The van der Waals surface area contributed by atoms with Crippen molar-refractivity contribution in [2.75, 3.05) is 26.4 Å². The summed E-state index contributed by atoms with van der Waals surface area (Å²) in [7, 11) is -3.87. The molecule has 7 heteroatoms. The monoisotopic (exact) mass is 608 g/mol. The molecular weight excluding hydrogens is 533 g/mol. The van der Waals surface area contributed by atoms with Crippen molar-refractivity contribution in [3.8, 4) is 0 Å². The second-order valence-electron chi connectivity index (χ2n) is 11.8. The minimum absolute atomic E-state index is 0.0972. The molecular formula is C34H74NO5P. The van der Waals surface area contributed by atoms with Crippen molar-refractivity contribution in [3.05, 3.63) is 0 Å². The molecule has 0 aliphatic carbocycles. The Kier molecular flexibility index (Phi) is 40.1. The molecule has 0 aromatic rings. The number of hydrogen-bond acceptors (Lipinski definition) is 5. The minimum Gasteiger partial charge on any atom is -0.395 e. The van der Waals surface area contributed by atoms with E-state index in [-0.39, 0.29) is 6.61 Å². The fourth-order valence-electron chi connectivity index (χ4n) is 4.99. The molecule has 0 spiro atoms. The van der Waals surface area contributed by atoms with Gasteiger partial charge in [0.2, 0.25) is 0 Å². The van der Waals surface area contributed by atoms with Crippen LogP contribution < -0.4 is 5.73 Å². The van der Waals surface area contributed by atoms with Gasteiger partial charge >= 0.3 is 7.82 Å². The summed E-state index contributed by atoms with van der Waals surface area (Å²) in [5, 5.41) is 7.75. The van der Waals surface area contributed by atoms with Gasteiger partial charge < -0.3 is 15.7 Å². The van der Waals surface area contributed by atoms with Crippen LogP contribution >= 0.6 is 7.82 Å². The van der Waals surface area contributed by atoms with Gasteiger partial charge in [-0.3, -0.25) is 9.05 Å². The quantitative estimate of drug-likeness (QED) is 0.0506. The summed E-state index contributed by atoms with van der Waals surface area (Å²) < 4.78 is 22.3. The summed E-state index contributed by atoms with van der Waals surface area (Å²) in [5.74, 6) is 0. The number of phosphoric acid groups is 1. The third kappa shape index (κ3) is 42.2. The van der Waals surface area contributed by atoms with Gasteiger partial charge in [0.25, 0.3) is 0 Å². The lowest BCUT2D eigenvalue weighted by molar-refractivity contribution is 0.145. The third-order valence-corrected chi connectivity index (χ3v) is 8.65. The Labute approximate surface area is 256 Å². The van der Waals surface area contributed by atoms with Crippen LogP contribution in [0.4, 0.5) is 0 Å². The molecule has 0 atom stereocenters. The fraction of sp³-hybridized carbons (Fsp3) is 1.00. The molecule has 6 nitrogen and oxygen atoms in total. The number of aliphatic hydroxyl groups is 1. The molecule has 0 saturated heterocycles. The zero-order chi connectivity index (χ0) is 30.5.